The van der Waals surface area contributed by atoms with E-state index in [9.17, 15) is 9.90 Å². The zero-order valence-corrected chi connectivity index (χ0v) is 15.6. The Kier molecular flexibility index (Phi) is 5.99. The molecule has 0 aromatic heterocycles. The van der Waals surface area contributed by atoms with Gasteiger partial charge in [0.25, 0.3) is 0 Å². The number of amides is 1. The summed E-state index contributed by atoms with van der Waals surface area (Å²) in [7, 11) is 2.04. The van der Waals surface area contributed by atoms with Crippen LogP contribution in [0, 0.1) is 0 Å². The van der Waals surface area contributed by atoms with Gasteiger partial charge in [-0.3, -0.25) is 4.90 Å². The Morgan fingerprint density at radius 3 is 2.54 bits per heavy atom. The van der Waals surface area contributed by atoms with E-state index in [1.165, 1.54) is 0 Å². The lowest BCUT2D eigenvalue weighted by molar-refractivity contribution is 0.0153. The fourth-order valence-corrected chi connectivity index (χ4v) is 3.05. The molecule has 1 N–H and O–H groups in total. The van der Waals surface area contributed by atoms with Crippen LogP contribution >= 0.6 is 11.6 Å². The van der Waals surface area contributed by atoms with E-state index in [1.54, 1.807) is 17.0 Å². The standard InChI is InChI=1S/C18H27ClN2O3/c1-18(2,3)24-17(23)21-9-7-15(8-10-21)20(4)12-13-5-6-14(19)11-16(13)22/h5-6,11,15,22H,7-10,12H2,1-4H3. The molecule has 0 radical (unpaired) electrons. The van der Waals surface area contributed by atoms with Crippen LogP contribution in [0.5, 0.6) is 5.75 Å². The van der Waals surface area contributed by atoms with Crippen LogP contribution < -0.4 is 0 Å². The average Bonchev–Trinajstić information content (AvgIpc) is 2.48. The first-order valence-corrected chi connectivity index (χ1v) is 8.69. The molecule has 0 bridgehead atoms. The highest BCUT2D eigenvalue weighted by molar-refractivity contribution is 6.30. The van der Waals surface area contributed by atoms with Gasteiger partial charge in [0.05, 0.1) is 0 Å². The molecule has 1 fully saturated rings. The van der Waals surface area contributed by atoms with Gasteiger partial charge in [-0.2, -0.15) is 0 Å². The molecule has 134 valence electrons. The molecule has 6 heteroatoms. The summed E-state index contributed by atoms with van der Waals surface area (Å²) in [5.74, 6) is 0.223. The largest absolute Gasteiger partial charge is 0.508 e. The third kappa shape index (κ3) is 5.28. The maximum absolute atomic E-state index is 12.1. The van der Waals surface area contributed by atoms with Crippen molar-refractivity contribution in [1.82, 2.24) is 9.80 Å². The molecule has 1 aromatic carbocycles. The van der Waals surface area contributed by atoms with Crippen LogP contribution in [0.1, 0.15) is 39.2 Å². The van der Waals surface area contributed by atoms with Crippen molar-refractivity contribution in [1.29, 1.82) is 0 Å². The minimum atomic E-state index is -0.461. The number of carbonyl (C=O) groups excluding carboxylic acids is 1. The minimum absolute atomic E-state index is 0.223. The van der Waals surface area contributed by atoms with Gasteiger partial charge >= 0.3 is 6.09 Å². The van der Waals surface area contributed by atoms with Crippen molar-refractivity contribution in [3.8, 4) is 5.75 Å². The van der Waals surface area contributed by atoms with Crippen LogP contribution in [0.4, 0.5) is 4.79 Å². The molecule has 1 aliphatic rings. The zero-order chi connectivity index (χ0) is 17.9. The van der Waals surface area contributed by atoms with E-state index in [0.717, 1.165) is 18.4 Å². The third-order valence-corrected chi connectivity index (χ3v) is 4.44. The number of carbonyl (C=O) groups is 1. The number of piperidine rings is 1. The topological polar surface area (TPSA) is 53.0 Å². The molecule has 0 aliphatic carbocycles. The number of ether oxygens (including phenoxy) is 1. The van der Waals surface area contributed by atoms with Crippen LogP contribution in [0.15, 0.2) is 18.2 Å². The molecule has 1 amide bonds. The summed E-state index contributed by atoms with van der Waals surface area (Å²) in [5.41, 5.74) is 0.396. The molecule has 1 saturated heterocycles. The number of hydrogen-bond acceptors (Lipinski definition) is 4. The Morgan fingerprint density at radius 2 is 2.00 bits per heavy atom. The van der Waals surface area contributed by atoms with Gasteiger partial charge in [0, 0.05) is 36.3 Å². The van der Waals surface area contributed by atoms with E-state index < -0.39 is 5.60 Å². The normalized spacial score (nSPS) is 16.5. The maximum Gasteiger partial charge on any atom is 0.410 e. The molecule has 1 heterocycles. The Bertz CT molecular complexity index is 578. The van der Waals surface area contributed by atoms with E-state index in [2.05, 4.69) is 4.90 Å². The van der Waals surface area contributed by atoms with E-state index in [4.69, 9.17) is 16.3 Å². The van der Waals surface area contributed by atoms with Crippen molar-refractivity contribution in [2.24, 2.45) is 0 Å². The van der Waals surface area contributed by atoms with E-state index in [0.29, 0.717) is 30.7 Å². The maximum atomic E-state index is 12.1. The number of aromatic hydroxyl groups is 1. The summed E-state index contributed by atoms with van der Waals surface area (Å²) in [4.78, 5) is 16.1. The third-order valence-electron chi connectivity index (χ3n) is 4.21. The second kappa shape index (κ2) is 7.62. The lowest BCUT2D eigenvalue weighted by atomic mass is 10.0. The van der Waals surface area contributed by atoms with Crippen molar-refractivity contribution in [3.05, 3.63) is 28.8 Å². The second-order valence-corrected chi connectivity index (χ2v) is 7.82. The molecular weight excluding hydrogens is 328 g/mol. The second-order valence-electron chi connectivity index (χ2n) is 7.39. The van der Waals surface area contributed by atoms with E-state index in [1.807, 2.05) is 33.9 Å². The summed E-state index contributed by atoms with van der Waals surface area (Å²) in [6, 6.07) is 5.58. The Balaban J connectivity index is 1.86. The summed E-state index contributed by atoms with van der Waals surface area (Å²) in [5, 5.41) is 10.5. The van der Waals surface area contributed by atoms with Gasteiger partial charge in [0.15, 0.2) is 0 Å². The number of rotatable bonds is 3. The highest BCUT2D eigenvalue weighted by Gasteiger charge is 2.28. The predicted molar refractivity (Wildman–Crippen MR) is 95.4 cm³/mol. The van der Waals surface area contributed by atoms with Gasteiger partial charge in [0.1, 0.15) is 11.4 Å². The number of hydrogen-bond donors (Lipinski definition) is 1. The van der Waals surface area contributed by atoms with Gasteiger partial charge in [0.2, 0.25) is 0 Å². The Hall–Kier alpha value is -1.46. The van der Waals surface area contributed by atoms with Gasteiger partial charge in [-0.05, 0) is 52.8 Å². The number of phenolic OH excluding ortho intramolecular Hbond substituents is 1. The molecule has 0 atom stereocenters. The van der Waals surface area contributed by atoms with Crippen LogP contribution in [0.2, 0.25) is 5.02 Å². The molecule has 1 aliphatic heterocycles. The first-order valence-electron chi connectivity index (χ1n) is 8.31. The summed E-state index contributed by atoms with van der Waals surface area (Å²) in [6.07, 6.45) is 1.55. The molecule has 0 unspecified atom stereocenters. The lowest BCUT2D eigenvalue weighted by Crippen LogP contribution is -2.46. The average molecular weight is 355 g/mol. The molecule has 0 spiro atoms. The van der Waals surface area contributed by atoms with Crippen LogP contribution in [-0.2, 0) is 11.3 Å². The molecule has 24 heavy (non-hydrogen) atoms. The molecule has 2 rings (SSSR count). The van der Waals surface area contributed by atoms with Crippen LogP contribution in [-0.4, -0.2) is 52.8 Å². The highest BCUT2D eigenvalue weighted by Crippen LogP contribution is 2.25. The number of likely N-dealkylation sites (tertiary alicyclic amines) is 1. The lowest BCUT2D eigenvalue weighted by Gasteiger charge is -2.37. The van der Waals surface area contributed by atoms with Gasteiger partial charge in [-0.25, -0.2) is 4.79 Å². The van der Waals surface area contributed by atoms with Crippen molar-refractivity contribution in [2.75, 3.05) is 20.1 Å². The predicted octanol–water partition coefficient (Wildman–Crippen LogP) is 3.88. The monoisotopic (exact) mass is 354 g/mol. The van der Waals surface area contributed by atoms with Gasteiger partial charge < -0.3 is 14.7 Å². The van der Waals surface area contributed by atoms with Gasteiger partial charge in [-0.1, -0.05) is 17.7 Å². The quantitative estimate of drug-likeness (QED) is 0.895. The Morgan fingerprint density at radius 1 is 1.38 bits per heavy atom. The van der Waals surface area contributed by atoms with Crippen LogP contribution in [0.25, 0.3) is 0 Å². The van der Waals surface area contributed by atoms with E-state index in [-0.39, 0.29) is 11.8 Å². The first kappa shape index (κ1) is 18.9. The Labute approximate surface area is 149 Å². The highest BCUT2D eigenvalue weighted by atomic mass is 35.5. The first-order chi connectivity index (χ1) is 11.2. The smallest absolute Gasteiger partial charge is 0.410 e. The fourth-order valence-electron chi connectivity index (χ4n) is 2.88. The molecule has 1 aromatic rings. The van der Waals surface area contributed by atoms with Gasteiger partial charge in [-0.15, -0.1) is 0 Å². The molecule has 0 saturated carbocycles. The fraction of sp³-hybridized carbons (Fsp3) is 0.611. The number of benzene rings is 1. The van der Waals surface area contributed by atoms with Crippen molar-refractivity contribution >= 4 is 17.7 Å². The SMILES string of the molecule is CN(Cc1ccc(Cl)cc1O)C1CCN(C(=O)OC(C)(C)C)CC1. The summed E-state index contributed by atoms with van der Waals surface area (Å²) in [6.45, 7) is 7.67. The van der Waals surface area contributed by atoms with Crippen LogP contribution in [0.3, 0.4) is 0 Å². The summed E-state index contributed by atoms with van der Waals surface area (Å²) >= 11 is 5.87. The van der Waals surface area contributed by atoms with Crippen molar-refractivity contribution in [3.63, 3.8) is 0 Å². The zero-order valence-electron chi connectivity index (χ0n) is 14.9. The number of halogens is 1. The molecule has 5 nitrogen and oxygen atoms in total. The van der Waals surface area contributed by atoms with Crippen molar-refractivity contribution in [2.45, 2.75) is 51.8 Å². The van der Waals surface area contributed by atoms with Crippen molar-refractivity contribution < 1.29 is 14.6 Å². The summed E-state index contributed by atoms with van der Waals surface area (Å²) < 4.78 is 5.42. The molecular formula is C18H27ClN2O3. The van der Waals surface area contributed by atoms with E-state index >= 15 is 0 Å². The number of nitrogens with zero attached hydrogens (tertiary/aromatic N) is 2. The number of phenols is 1. The minimum Gasteiger partial charge on any atom is -0.508 e.